The predicted molar refractivity (Wildman–Crippen MR) is 116 cm³/mol. The van der Waals surface area contributed by atoms with E-state index in [1.807, 2.05) is 30.1 Å². The standard InChI is InChI=1S/C22H33N5O2/c1-5-23-22(24-13-16(3)15-27-9-7-8-26-27)25-14-19-12-21-18(10-17(4)29-21)11-20(19)28-6-2/h7-9,11-12,16-17H,5-6,10,13-15H2,1-4H3,(H2,23,24,25). The Balaban J connectivity index is 1.65. The van der Waals surface area contributed by atoms with Crippen molar-refractivity contribution in [2.45, 2.75) is 53.3 Å². The third-order valence-electron chi connectivity index (χ3n) is 4.81. The van der Waals surface area contributed by atoms with Crippen LogP contribution in [0.1, 0.15) is 38.8 Å². The first kappa shape index (κ1) is 21.0. The van der Waals surface area contributed by atoms with E-state index in [0.29, 0.717) is 19.1 Å². The van der Waals surface area contributed by atoms with Gasteiger partial charge in [-0.15, -0.1) is 0 Å². The Kier molecular flexibility index (Phi) is 7.38. The fraction of sp³-hybridized carbons (Fsp3) is 0.545. The van der Waals surface area contributed by atoms with Crippen LogP contribution in [-0.2, 0) is 19.5 Å². The number of benzene rings is 1. The quantitative estimate of drug-likeness (QED) is 0.501. The average molecular weight is 400 g/mol. The molecule has 0 saturated carbocycles. The van der Waals surface area contributed by atoms with Crippen molar-refractivity contribution in [3.8, 4) is 11.5 Å². The molecule has 2 N–H and O–H groups in total. The van der Waals surface area contributed by atoms with E-state index in [4.69, 9.17) is 14.5 Å². The minimum absolute atomic E-state index is 0.216. The minimum Gasteiger partial charge on any atom is -0.494 e. The molecular formula is C22H33N5O2. The number of guanidine groups is 1. The highest BCUT2D eigenvalue weighted by Crippen LogP contribution is 2.35. The number of aliphatic imine (C=N–C) groups is 1. The van der Waals surface area contributed by atoms with Crippen molar-refractivity contribution >= 4 is 5.96 Å². The van der Waals surface area contributed by atoms with E-state index in [1.54, 1.807) is 0 Å². The molecule has 0 spiro atoms. The Morgan fingerprint density at radius 2 is 2.24 bits per heavy atom. The van der Waals surface area contributed by atoms with Crippen LogP contribution in [0.5, 0.6) is 11.5 Å². The first-order valence-electron chi connectivity index (χ1n) is 10.5. The summed E-state index contributed by atoms with van der Waals surface area (Å²) in [4.78, 5) is 4.78. The van der Waals surface area contributed by atoms with Crippen molar-refractivity contribution in [1.29, 1.82) is 0 Å². The molecule has 1 aliphatic rings. The monoisotopic (exact) mass is 399 g/mol. The molecule has 158 valence electrons. The van der Waals surface area contributed by atoms with Crippen LogP contribution in [0.25, 0.3) is 0 Å². The molecule has 1 aliphatic heterocycles. The maximum atomic E-state index is 5.92. The molecule has 29 heavy (non-hydrogen) atoms. The first-order valence-corrected chi connectivity index (χ1v) is 10.5. The normalized spacial score (nSPS) is 16.8. The van der Waals surface area contributed by atoms with Gasteiger partial charge < -0.3 is 20.1 Å². The molecule has 1 aromatic carbocycles. The molecule has 2 unspecified atom stereocenters. The van der Waals surface area contributed by atoms with Crippen LogP contribution in [0.4, 0.5) is 0 Å². The van der Waals surface area contributed by atoms with Gasteiger partial charge in [0, 0.05) is 49.6 Å². The third kappa shape index (κ3) is 5.89. The number of rotatable bonds is 9. The molecule has 2 atom stereocenters. The van der Waals surface area contributed by atoms with E-state index in [2.05, 4.69) is 48.6 Å². The zero-order valence-electron chi connectivity index (χ0n) is 17.9. The molecule has 0 fully saturated rings. The van der Waals surface area contributed by atoms with E-state index in [9.17, 15) is 0 Å². The Hall–Kier alpha value is -2.70. The van der Waals surface area contributed by atoms with Crippen molar-refractivity contribution in [3.63, 3.8) is 0 Å². The lowest BCUT2D eigenvalue weighted by Crippen LogP contribution is -2.40. The molecule has 7 heteroatoms. The second-order valence-electron chi connectivity index (χ2n) is 7.54. The first-order chi connectivity index (χ1) is 14.1. The van der Waals surface area contributed by atoms with Gasteiger partial charge in [-0.25, -0.2) is 4.99 Å². The van der Waals surface area contributed by atoms with Crippen LogP contribution in [0.2, 0.25) is 0 Å². The van der Waals surface area contributed by atoms with Crippen LogP contribution in [0.3, 0.4) is 0 Å². The Morgan fingerprint density at radius 1 is 1.38 bits per heavy atom. The van der Waals surface area contributed by atoms with Crippen molar-refractivity contribution < 1.29 is 9.47 Å². The fourth-order valence-corrected chi connectivity index (χ4v) is 3.46. The summed E-state index contributed by atoms with van der Waals surface area (Å²) in [7, 11) is 0. The smallest absolute Gasteiger partial charge is 0.191 e. The van der Waals surface area contributed by atoms with Gasteiger partial charge in [0.2, 0.25) is 0 Å². The summed E-state index contributed by atoms with van der Waals surface area (Å²) < 4.78 is 13.7. The van der Waals surface area contributed by atoms with E-state index in [-0.39, 0.29) is 6.10 Å². The van der Waals surface area contributed by atoms with Crippen molar-refractivity contribution in [3.05, 3.63) is 41.7 Å². The second kappa shape index (κ2) is 10.2. The Labute approximate surface area is 173 Å². The van der Waals surface area contributed by atoms with Crippen LogP contribution >= 0.6 is 0 Å². The molecule has 0 radical (unpaired) electrons. The van der Waals surface area contributed by atoms with Crippen molar-refractivity contribution in [2.75, 3.05) is 19.7 Å². The molecule has 0 amide bonds. The minimum atomic E-state index is 0.216. The van der Waals surface area contributed by atoms with Gasteiger partial charge in [0.1, 0.15) is 17.6 Å². The largest absolute Gasteiger partial charge is 0.494 e. The lowest BCUT2D eigenvalue weighted by molar-refractivity contribution is 0.254. The van der Waals surface area contributed by atoms with E-state index >= 15 is 0 Å². The lowest BCUT2D eigenvalue weighted by atomic mass is 10.1. The molecule has 3 rings (SSSR count). The number of aromatic nitrogens is 2. The molecule has 2 aromatic rings. The summed E-state index contributed by atoms with van der Waals surface area (Å²) in [6.07, 6.45) is 4.94. The number of fused-ring (bicyclic) bond motifs is 1. The SMILES string of the molecule is CCNC(=NCc1cc2c(cc1OCC)CC(C)O2)NCC(C)Cn1cccn1. The summed E-state index contributed by atoms with van der Waals surface area (Å²) in [5.41, 5.74) is 2.26. The Bertz CT molecular complexity index is 804. The van der Waals surface area contributed by atoms with Crippen molar-refractivity contribution in [1.82, 2.24) is 20.4 Å². The zero-order valence-corrected chi connectivity index (χ0v) is 17.9. The lowest BCUT2D eigenvalue weighted by Gasteiger charge is -2.16. The van der Waals surface area contributed by atoms with Gasteiger partial charge in [-0.3, -0.25) is 4.68 Å². The van der Waals surface area contributed by atoms with Crippen molar-refractivity contribution in [2.24, 2.45) is 10.9 Å². The highest BCUT2D eigenvalue weighted by atomic mass is 16.5. The third-order valence-corrected chi connectivity index (χ3v) is 4.81. The summed E-state index contributed by atoms with van der Waals surface area (Å²) >= 11 is 0. The van der Waals surface area contributed by atoms with Crippen LogP contribution in [-0.4, -0.2) is 41.5 Å². The van der Waals surface area contributed by atoms with E-state index in [1.165, 1.54) is 5.56 Å². The average Bonchev–Trinajstić information content (AvgIpc) is 3.32. The summed E-state index contributed by atoms with van der Waals surface area (Å²) in [6, 6.07) is 6.14. The number of nitrogens with zero attached hydrogens (tertiary/aromatic N) is 3. The van der Waals surface area contributed by atoms with Gasteiger partial charge in [-0.1, -0.05) is 6.92 Å². The van der Waals surface area contributed by atoms with Crippen LogP contribution in [0, 0.1) is 5.92 Å². The number of ether oxygens (including phenoxy) is 2. The molecule has 7 nitrogen and oxygen atoms in total. The maximum Gasteiger partial charge on any atom is 0.191 e. The summed E-state index contributed by atoms with van der Waals surface area (Å²) in [6.45, 7) is 12.0. The predicted octanol–water partition coefficient (Wildman–Crippen LogP) is 3.00. The molecule has 0 bridgehead atoms. The molecule has 2 heterocycles. The highest BCUT2D eigenvalue weighted by Gasteiger charge is 2.21. The van der Waals surface area contributed by atoms with Gasteiger partial charge >= 0.3 is 0 Å². The van der Waals surface area contributed by atoms with Crippen LogP contribution < -0.4 is 20.1 Å². The van der Waals surface area contributed by atoms with Gasteiger partial charge in [0.25, 0.3) is 0 Å². The maximum absolute atomic E-state index is 5.92. The van der Waals surface area contributed by atoms with Crippen LogP contribution in [0.15, 0.2) is 35.6 Å². The van der Waals surface area contributed by atoms with Gasteiger partial charge in [0.05, 0.1) is 13.2 Å². The molecule has 0 aliphatic carbocycles. The number of hydrogen-bond donors (Lipinski definition) is 2. The fourth-order valence-electron chi connectivity index (χ4n) is 3.46. The van der Waals surface area contributed by atoms with E-state index in [0.717, 1.165) is 49.1 Å². The Morgan fingerprint density at radius 3 is 2.97 bits per heavy atom. The van der Waals surface area contributed by atoms with E-state index < -0.39 is 0 Å². The summed E-state index contributed by atoms with van der Waals surface area (Å²) in [5, 5.41) is 11.0. The van der Waals surface area contributed by atoms with Gasteiger partial charge in [-0.2, -0.15) is 5.10 Å². The molecule has 1 aromatic heterocycles. The van der Waals surface area contributed by atoms with Gasteiger partial charge in [-0.05, 0) is 44.9 Å². The summed E-state index contributed by atoms with van der Waals surface area (Å²) in [5.74, 6) is 3.08. The molecular weight excluding hydrogens is 366 g/mol. The van der Waals surface area contributed by atoms with Gasteiger partial charge in [0.15, 0.2) is 5.96 Å². The second-order valence-corrected chi connectivity index (χ2v) is 7.54. The topological polar surface area (TPSA) is 72.7 Å². The highest BCUT2D eigenvalue weighted by molar-refractivity contribution is 5.79. The molecule has 0 saturated heterocycles. The zero-order chi connectivity index (χ0) is 20.6. The number of hydrogen-bond acceptors (Lipinski definition) is 4. The number of nitrogens with one attached hydrogen (secondary N) is 2.